The van der Waals surface area contributed by atoms with Crippen molar-refractivity contribution in [3.05, 3.63) is 119 Å². The van der Waals surface area contributed by atoms with Crippen LogP contribution in [0.5, 0.6) is 0 Å². The Kier molecular flexibility index (Phi) is 7.66. The quantitative estimate of drug-likeness (QED) is 0.202. The molecule has 0 aromatic heterocycles. The molecule has 1 unspecified atom stereocenters. The Labute approximate surface area is 218 Å². The van der Waals surface area contributed by atoms with Crippen LogP contribution in [0.4, 0.5) is 0 Å². The summed E-state index contributed by atoms with van der Waals surface area (Å²) >= 11 is 0. The van der Waals surface area contributed by atoms with Crippen molar-refractivity contribution in [1.29, 1.82) is 5.26 Å². The zero-order valence-corrected chi connectivity index (χ0v) is 23.2. The van der Waals surface area contributed by atoms with Crippen molar-refractivity contribution in [2.45, 2.75) is 57.0 Å². The van der Waals surface area contributed by atoms with Crippen molar-refractivity contribution in [2.75, 3.05) is 13.1 Å². The van der Waals surface area contributed by atoms with Gasteiger partial charge in [0.25, 0.3) is 0 Å². The Morgan fingerprint density at radius 2 is 1.28 bits per heavy atom. The number of likely N-dealkylation sites (tertiary alicyclic amines) is 1. The molecular weight excluding hydrogens is 456 g/mol. The minimum Gasteiger partial charge on any atom is -0.410 e. The predicted octanol–water partition coefficient (Wildman–Crippen LogP) is 7.52. The lowest BCUT2D eigenvalue weighted by Gasteiger charge is -2.50. The number of allylic oxidation sites excluding steroid dienone is 1. The van der Waals surface area contributed by atoms with Gasteiger partial charge in [-0.3, -0.25) is 4.90 Å². The summed E-state index contributed by atoms with van der Waals surface area (Å²) in [5.74, 6) is 0. The number of piperidine rings is 1. The molecule has 1 aliphatic rings. The van der Waals surface area contributed by atoms with Crippen LogP contribution in [-0.4, -0.2) is 32.4 Å². The summed E-state index contributed by atoms with van der Waals surface area (Å²) in [5, 5.41) is 9.86. The van der Waals surface area contributed by atoms with Crippen LogP contribution in [-0.2, 0) is 9.96 Å². The Bertz CT molecular complexity index is 1110. The summed E-state index contributed by atoms with van der Waals surface area (Å²) in [6.07, 6.45) is 2.56. The zero-order valence-electron chi connectivity index (χ0n) is 22.2. The van der Waals surface area contributed by atoms with Crippen molar-refractivity contribution in [2.24, 2.45) is 0 Å². The molecular formula is C32H38N2OSi. The lowest BCUT2D eigenvalue weighted by Crippen LogP contribution is -2.55. The van der Waals surface area contributed by atoms with Gasteiger partial charge in [0.15, 0.2) is 8.32 Å². The molecule has 0 radical (unpaired) electrons. The molecule has 0 N–H and O–H groups in total. The van der Waals surface area contributed by atoms with E-state index in [2.05, 4.69) is 136 Å². The highest BCUT2D eigenvalue weighted by molar-refractivity contribution is 6.74. The number of benzene rings is 3. The third-order valence-electron chi connectivity index (χ3n) is 7.99. The second-order valence-electron chi connectivity index (χ2n) is 11.2. The maximum absolute atomic E-state index is 9.75. The van der Waals surface area contributed by atoms with E-state index in [-0.39, 0.29) is 11.1 Å². The van der Waals surface area contributed by atoms with Gasteiger partial charge in [0, 0.05) is 19.2 Å². The lowest BCUT2D eigenvalue weighted by atomic mass is 9.74. The van der Waals surface area contributed by atoms with Gasteiger partial charge < -0.3 is 4.43 Å². The molecule has 0 aliphatic carbocycles. The number of rotatable bonds is 6. The van der Waals surface area contributed by atoms with E-state index >= 15 is 0 Å². The van der Waals surface area contributed by atoms with E-state index in [0.717, 1.165) is 18.5 Å². The molecule has 36 heavy (non-hydrogen) atoms. The van der Waals surface area contributed by atoms with Crippen LogP contribution in [0.25, 0.3) is 0 Å². The van der Waals surface area contributed by atoms with Crippen LogP contribution >= 0.6 is 0 Å². The monoisotopic (exact) mass is 494 g/mol. The number of hydrogen-bond acceptors (Lipinski definition) is 3. The first-order valence-corrected chi connectivity index (χ1v) is 15.8. The van der Waals surface area contributed by atoms with E-state index in [0.29, 0.717) is 6.54 Å². The molecule has 1 aliphatic heterocycles. The Balaban J connectivity index is 1.84. The number of hydrogen-bond donors (Lipinski definition) is 0. The SMILES string of the molecule is CC(C)(C)[Si](C)(C)OC1CCN(C(c2ccccc2)(c2ccccc2)c2ccccc2)CC1=CC#N. The minimum atomic E-state index is -1.99. The van der Waals surface area contributed by atoms with Gasteiger partial charge in [-0.2, -0.15) is 5.26 Å². The van der Waals surface area contributed by atoms with Gasteiger partial charge in [-0.15, -0.1) is 0 Å². The molecule has 1 fully saturated rings. The summed E-state index contributed by atoms with van der Waals surface area (Å²) in [6.45, 7) is 12.9. The summed E-state index contributed by atoms with van der Waals surface area (Å²) in [7, 11) is -1.99. The highest BCUT2D eigenvalue weighted by Gasteiger charge is 2.46. The van der Waals surface area contributed by atoms with Crippen LogP contribution in [0, 0.1) is 11.3 Å². The van der Waals surface area contributed by atoms with Gasteiger partial charge in [-0.25, -0.2) is 0 Å². The van der Waals surface area contributed by atoms with E-state index in [1.165, 1.54) is 16.7 Å². The second kappa shape index (κ2) is 10.6. The van der Waals surface area contributed by atoms with Crippen molar-refractivity contribution >= 4 is 8.32 Å². The van der Waals surface area contributed by atoms with Gasteiger partial charge in [0.05, 0.1) is 17.7 Å². The molecule has 0 spiro atoms. The zero-order chi connectivity index (χ0) is 25.8. The summed E-state index contributed by atoms with van der Waals surface area (Å²) in [4.78, 5) is 2.54. The van der Waals surface area contributed by atoms with Crippen LogP contribution in [0.15, 0.2) is 103 Å². The van der Waals surface area contributed by atoms with Gasteiger partial charge in [0.2, 0.25) is 0 Å². The summed E-state index contributed by atoms with van der Waals surface area (Å²) < 4.78 is 6.88. The fraction of sp³-hybridized carbons (Fsp3) is 0.344. The van der Waals surface area contributed by atoms with Crippen molar-refractivity contribution in [1.82, 2.24) is 4.90 Å². The van der Waals surface area contributed by atoms with Crippen molar-refractivity contribution in [3.8, 4) is 6.07 Å². The predicted molar refractivity (Wildman–Crippen MR) is 151 cm³/mol. The standard InChI is InChI=1S/C32H38N2OSi/c1-31(2,3)36(4,5)35-30-22-24-34(25-26(30)21-23-33)32(27-15-9-6-10-16-27,28-17-11-7-12-18-28)29-19-13-8-14-20-29/h6-21,30H,22,24-25H2,1-5H3. The molecule has 0 saturated carbocycles. The molecule has 3 aromatic rings. The summed E-state index contributed by atoms with van der Waals surface area (Å²) in [5.41, 5.74) is 4.26. The average Bonchev–Trinajstić information content (AvgIpc) is 2.87. The molecule has 3 aromatic carbocycles. The maximum Gasteiger partial charge on any atom is 0.192 e. The number of nitriles is 1. The second-order valence-corrected chi connectivity index (χ2v) is 16.0. The molecule has 186 valence electrons. The fourth-order valence-electron chi connectivity index (χ4n) is 5.12. The van der Waals surface area contributed by atoms with Crippen molar-refractivity contribution in [3.63, 3.8) is 0 Å². The van der Waals surface area contributed by atoms with Gasteiger partial charge in [-0.05, 0) is 46.8 Å². The van der Waals surface area contributed by atoms with Gasteiger partial charge in [-0.1, -0.05) is 112 Å². The topological polar surface area (TPSA) is 36.3 Å². The summed E-state index contributed by atoms with van der Waals surface area (Å²) in [6, 6.07) is 34.6. The van der Waals surface area contributed by atoms with E-state index in [9.17, 15) is 5.26 Å². The van der Waals surface area contributed by atoms with Gasteiger partial charge >= 0.3 is 0 Å². The van der Waals surface area contributed by atoms with Crippen LogP contribution < -0.4 is 0 Å². The third-order valence-corrected chi connectivity index (χ3v) is 12.5. The molecule has 4 heteroatoms. The minimum absolute atomic E-state index is 0.0261. The highest BCUT2D eigenvalue weighted by Crippen LogP contribution is 2.45. The fourth-order valence-corrected chi connectivity index (χ4v) is 6.45. The molecule has 1 saturated heterocycles. The van der Waals surface area contributed by atoms with E-state index in [1.54, 1.807) is 6.08 Å². The maximum atomic E-state index is 9.75. The van der Waals surface area contributed by atoms with Crippen LogP contribution in [0.1, 0.15) is 43.9 Å². The first kappa shape index (κ1) is 26.1. The Morgan fingerprint density at radius 1 is 0.833 bits per heavy atom. The Hall–Kier alpha value is -2.97. The third kappa shape index (κ3) is 4.97. The number of nitrogens with zero attached hydrogens (tertiary/aromatic N) is 2. The van der Waals surface area contributed by atoms with E-state index in [1.807, 2.05) is 0 Å². The molecule has 0 amide bonds. The molecule has 4 rings (SSSR count). The lowest BCUT2D eigenvalue weighted by molar-refractivity contribution is 0.0906. The normalized spacial score (nSPS) is 18.7. The molecule has 0 bridgehead atoms. The van der Waals surface area contributed by atoms with E-state index in [4.69, 9.17) is 4.43 Å². The Morgan fingerprint density at radius 3 is 1.67 bits per heavy atom. The molecule has 1 heterocycles. The molecule has 1 atom stereocenters. The van der Waals surface area contributed by atoms with Crippen molar-refractivity contribution < 1.29 is 4.43 Å². The van der Waals surface area contributed by atoms with Gasteiger partial charge in [0.1, 0.15) is 0 Å². The smallest absolute Gasteiger partial charge is 0.192 e. The largest absolute Gasteiger partial charge is 0.410 e. The van der Waals surface area contributed by atoms with Crippen LogP contribution in [0.2, 0.25) is 18.1 Å². The van der Waals surface area contributed by atoms with E-state index < -0.39 is 13.9 Å². The van der Waals surface area contributed by atoms with Crippen LogP contribution in [0.3, 0.4) is 0 Å². The molecule has 3 nitrogen and oxygen atoms in total. The first-order chi connectivity index (χ1) is 17.2. The highest BCUT2D eigenvalue weighted by atomic mass is 28.4. The average molecular weight is 495 g/mol. The first-order valence-electron chi connectivity index (χ1n) is 12.9.